The zero-order chi connectivity index (χ0) is 30.8. The summed E-state index contributed by atoms with van der Waals surface area (Å²) in [7, 11) is 4.99. The van der Waals surface area contributed by atoms with Crippen LogP contribution in [0.25, 0.3) is 10.9 Å². The van der Waals surface area contributed by atoms with E-state index in [4.69, 9.17) is 14.2 Å². The first-order valence-corrected chi connectivity index (χ1v) is 15.3. The van der Waals surface area contributed by atoms with E-state index in [0.717, 1.165) is 60.3 Å². The van der Waals surface area contributed by atoms with Gasteiger partial charge in [-0.3, -0.25) is 4.79 Å². The maximum Gasteiger partial charge on any atom is 0.221 e. The molecule has 1 heterocycles. The summed E-state index contributed by atoms with van der Waals surface area (Å²) in [6, 6.07) is 22.6. The lowest BCUT2D eigenvalue weighted by molar-refractivity contribution is -0.121. The molecule has 0 radical (unpaired) electrons. The second-order valence-corrected chi connectivity index (χ2v) is 11.1. The molecule has 1 amide bonds. The number of nitrogens with one attached hydrogen (secondary N) is 1. The zero-order valence-electron chi connectivity index (χ0n) is 26.6. The first-order chi connectivity index (χ1) is 20.9. The van der Waals surface area contributed by atoms with E-state index < -0.39 is 0 Å². The van der Waals surface area contributed by atoms with Crippen molar-refractivity contribution >= 4 is 16.8 Å². The fraction of sp³-hybridized carbons (Fsp3) is 0.417. The van der Waals surface area contributed by atoms with Crippen molar-refractivity contribution in [1.29, 1.82) is 0 Å². The minimum absolute atomic E-state index is 0.0362. The fourth-order valence-electron chi connectivity index (χ4n) is 5.80. The Morgan fingerprint density at radius 1 is 0.884 bits per heavy atom. The zero-order valence-corrected chi connectivity index (χ0v) is 26.6. The molecule has 1 N–H and O–H groups in total. The molecule has 0 spiro atoms. The average Bonchev–Trinajstić information content (AvgIpc) is 3.39. The number of hydrogen-bond donors (Lipinski definition) is 1. The standard InChI is InChI=1S/C36H47N3O4/c1-7-38(8-2)19-11-12-26(3)37-36(40)23-33(28-20-30(42-5)22-31(21-28)43-6)34-25-39(35-14-10-9-13-32(34)35)24-27-15-17-29(41-4)18-16-27/h9-10,13-18,20-22,25-26,33H,7-8,11-12,19,23-24H2,1-6H3,(H,37,40). The molecule has 1 aromatic heterocycles. The van der Waals surface area contributed by atoms with Crippen LogP contribution in [0.15, 0.2) is 72.9 Å². The molecule has 7 nitrogen and oxygen atoms in total. The Bertz CT molecular complexity index is 1440. The van der Waals surface area contributed by atoms with Crippen molar-refractivity contribution in [1.82, 2.24) is 14.8 Å². The number of methoxy groups -OCH3 is 3. The van der Waals surface area contributed by atoms with Gasteiger partial charge in [0, 0.05) is 48.1 Å². The predicted molar refractivity (Wildman–Crippen MR) is 175 cm³/mol. The molecule has 2 unspecified atom stereocenters. The van der Waals surface area contributed by atoms with E-state index in [-0.39, 0.29) is 17.9 Å². The quantitative estimate of drug-likeness (QED) is 0.156. The van der Waals surface area contributed by atoms with Crippen molar-refractivity contribution in [2.75, 3.05) is 41.0 Å². The Balaban J connectivity index is 1.66. The van der Waals surface area contributed by atoms with Crippen LogP contribution in [-0.4, -0.2) is 62.4 Å². The van der Waals surface area contributed by atoms with Gasteiger partial charge in [0.1, 0.15) is 17.2 Å². The molecule has 0 fully saturated rings. The molecule has 230 valence electrons. The smallest absolute Gasteiger partial charge is 0.221 e. The normalized spacial score (nSPS) is 12.7. The van der Waals surface area contributed by atoms with E-state index in [1.54, 1.807) is 21.3 Å². The van der Waals surface area contributed by atoms with Gasteiger partial charge >= 0.3 is 0 Å². The summed E-state index contributed by atoms with van der Waals surface area (Å²) < 4.78 is 18.9. The van der Waals surface area contributed by atoms with Crippen LogP contribution >= 0.6 is 0 Å². The van der Waals surface area contributed by atoms with E-state index in [0.29, 0.717) is 24.5 Å². The van der Waals surface area contributed by atoms with Crippen LogP contribution in [0.4, 0.5) is 0 Å². The van der Waals surface area contributed by atoms with Gasteiger partial charge in [0.2, 0.25) is 5.91 Å². The van der Waals surface area contributed by atoms with Crippen LogP contribution < -0.4 is 19.5 Å². The first-order valence-electron chi connectivity index (χ1n) is 15.3. The third-order valence-electron chi connectivity index (χ3n) is 8.29. The Morgan fingerprint density at radius 3 is 2.16 bits per heavy atom. The number of fused-ring (bicyclic) bond motifs is 1. The summed E-state index contributed by atoms with van der Waals surface area (Å²) >= 11 is 0. The lowest BCUT2D eigenvalue weighted by Gasteiger charge is -2.22. The number of ether oxygens (including phenoxy) is 3. The molecule has 4 aromatic rings. The van der Waals surface area contributed by atoms with Gasteiger partial charge in [0.05, 0.1) is 21.3 Å². The molecule has 3 aromatic carbocycles. The number of hydrogen-bond acceptors (Lipinski definition) is 5. The van der Waals surface area contributed by atoms with Crippen molar-refractivity contribution in [2.45, 2.75) is 58.5 Å². The third kappa shape index (κ3) is 8.32. The maximum absolute atomic E-state index is 13.6. The summed E-state index contributed by atoms with van der Waals surface area (Å²) in [5, 5.41) is 4.41. The number of para-hydroxylation sites is 1. The minimum atomic E-state index is -0.200. The van der Waals surface area contributed by atoms with Gasteiger partial charge in [-0.15, -0.1) is 0 Å². The number of amides is 1. The highest BCUT2D eigenvalue weighted by molar-refractivity contribution is 5.87. The molecular formula is C36H47N3O4. The second kappa shape index (κ2) is 15.5. The van der Waals surface area contributed by atoms with Crippen molar-refractivity contribution < 1.29 is 19.0 Å². The summed E-state index contributed by atoms with van der Waals surface area (Å²) in [6.45, 7) is 10.3. The maximum atomic E-state index is 13.6. The van der Waals surface area contributed by atoms with Crippen LogP contribution in [0.2, 0.25) is 0 Å². The molecule has 7 heteroatoms. The van der Waals surface area contributed by atoms with Gasteiger partial charge in [-0.2, -0.15) is 0 Å². The molecule has 0 saturated carbocycles. The highest BCUT2D eigenvalue weighted by atomic mass is 16.5. The van der Waals surface area contributed by atoms with Gasteiger partial charge in [-0.05, 0) is 86.4 Å². The van der Waals surface area contributed by atoms with E-state index in [1.165, 1.54) is 5.56 Å². The molecule has 0 aliphatic carbocycles. The Morgan fingerprint density at radius 2 is 1.53 bits per heavy atom. The second-order valence-electron chi connectivity index (χ2n) is 11.1. The molecule has 43 heavy (non-hydrogen) atoms. The van der Waals surface area contributed by atoms with Crippen LogP contribution in [0.3, 0.4) is 0 Å². The number of carbonyl (C=O) groups excluding carboxylic acids is 1. The van der Waals surface area contributed by atoms with E-state index in [2.05, 4.69) is 78.2 Å². The molecule has 4 rings (SSSR count). The number of aromatic nitrogens is 1. The van der Waals surface area contributed by atoms with Crippen LogP contribution in [0.1, 0.15) is 62.6 Å². The SMILES string of the molecule is CCN(CC)CCCC(C)NC(=O)CC(c1cc(OC)cc(OC)c1)c1cn(Cc2ccc(OC)cc2)c2ccccc12. The molecule has 0 aliphatic rings. The monoisotopic (exact) mass is 585 g/mol. The average molecular weight is 586 g/mol. The van der Waals surface area contributed by atoms with Crippen molar-refractivity contribution in [2.24, 2.45) is 0 Å². The molecule has 0 bridgehead atoms. The van der Waals surface area contributed by atoms with Gasteiger partial charge < -0.3 is 29.0 Å². The highest BCUT2D eigenvalue weighted by Crippen LogP contribution is 2.38. The fourth-order valence-corrected chi connectivity index (χ4v) is 5.80. The number of carbonyl (C=O) groups is 1. The first kappa shape index (κ1) is 32.0. The van der Waals surface area contributed by atoms with Crippen LogP contribution in [0, 0.1) is 0 Å². The van der Waals surface area contributed by atoms with Gasteiger partial charge in [-0.1, -0.05) is 44.2 Å². The predicted octanol–water partition coefficient (Wildman–Crippen LogP) is 6.86. The van der Waals surface area contributed by atoms with Gasteiger partial charge in [0.15, 0.2) is 0 Å². The van der Waals surface area contributed by atoms with Gasteiger partial charge in [0.25, 0.3) is 0 Å². The summed E-state index contributed by atoms with van der Waals surface area (Å²) in [5.41, 5.74) is 4.37. The number of benzene rings is 3. The van der Waals surface area contributed by atoms with E-state index in [1.807, 2.05) is 30.3 Å². The van der Waals surface area contributed by atoms with Gasteiger partial charge in [-0.25, -0.2) is 0 Å². The molecule has 0 aliphatic heterocycles. The lowest BCUT2D eigenvalue weighted by Crippen LogP contribution is -2.34. The molecular weight excluding hydrogens is 538 g/mol. The topological polar surface area (TPSA) is 65.0 Å². The van der Waals surface area contributed by atoms with Crippen molar-refractivity contribution in [3.8, 4) is 17.2 Å². The lowest BCUT2D eigenvalue weighted by atomic mass is 9.87. The summed E-state index contributed by atoms with van der Waals surface area (Å²) in [5.74, 6) is 2.07. The molecule has 0 saturated heterocycles. The van der Waals surface area contributed by atoms with Crippen molar-refractivity contribution in [3.63, 3.8) is 0 Å². The Kier molecular flexibility index (Phi) is 11.5. The Hall–Kier alpha value is -3.97. The van der Waals surface area contributed by atoms with Crippen LogP contribution in [-0.2, 0) is 11.3 Å². The van der Waals surface area contributed by atoms with E-state index >= 15 is 0 Å². The number of nitrogens with zero attached hydrogens (tertiary/aromatic N) is 2. The third-order valence-corrected chi connectivity index (χ3v) is 8.29. The number of rotatable bonds is 16. The minimum Gasteiger partial charge on any atom is -0.497 e. The van der Waals surface area contributed by atoms with Crippen molar-refractivity contribution in [3.05, 3.63) is 89.6 Å². The van der Waals surface area contributed by atoms with Crippen LogP contribution in [0.5, 0.6) is 17.2 Å². The summed E-state index contributed by atoms with van der Waals surface area (Å²) in [6.07, 6.45) is 4.51. The largest absolute Gasteiger partial charge is 0.497 e. The Labute approximate surface area is 256 Å². The molecule has 2 atom stereocenters. The van der Waals surface area contributed by atoms with E-state index in [9.17, 15) is 4.79 Å². The highest BCUT2D eigenvalue weighted by Gasteiger charge is 2.25. The summed E-state index contributed by atoms with van der Waals surface area (Å²) in [4.78, 5) is 16.0.